The minimum Gasteiger partial charge on any atom is -0.376 e. The zero-order valence-electron chi connectivity index (χ0n) is 19.0. The standard InChI is InChI=1S/C26H28N4O3/c1-17-9-10-18(2)19(12-17)15-29-23-8-4-3-7-21(23)22-14-28-30(26(32)25(22)29)16-24(31)27-13-20-6-5-11-33-20/h3-4,7-10,12,14,20H,5-6,11,13,15-16H2,1-2H3,(H,27,31)/t20-/m1/s1. The van der Waals surface area contributed by atoms with E-state index in [2.05, 4.69) is 47.0 Å². The zero-order chi connectivity index (χ0) is 22.9. The van der Waals surface area contributed by atoms with Crippen molar-refractivity contribution in [1.82, 2.24) is 19.7 Å². The van der Waals surface area contributed by atoms with E-state index in [0.29, 0.717) is 18.6 Å². The normalized spacial score (nSPS) is 16.0. The quantitative estimate of drug-likeness (QED) is 0.495. The Balaban J connectivity index is 1.53. The van der Waals surface area contributed by atoms with Gasteiger partial charge in [-0.25, -0.2) is 4.68 Å². The van der Waals surface area contributed by atoms with Crippen LogP contribution in [0.2, 0.25) is 0 Å². The Kier molecular flexibility index (Phi) is 5.72. The lowest BCUT2D eigenvalue weighted by Crippen LogP contribution is -2.37. The van der Waals surface area contributed by atoms with E-state index in [9.17, 15) is 9.59 Å². The van der Waals surface area contributed by atoms with Crippen molar-refractivity contribution in [3.8, 4) is 0 Å². The predicted molar refractivity (Wildman–Crippen MR) is 129 cm³/mol. The molecule has 1 saturated heterocycles. The third kappa shape index (κ3) is 4.16. The number of hydrogen-bond donors (Lipinski definition) is 1. The summed E-state index contributed by atoms with van der Waals surface area (Å²) in [7, 11) is 0. The third-order valence-electron chi connectivity index (χ3n) is 6.45. The van der Waals surface area contributed by atoms with Crippen LogP contribution in [-0.2, 0) is 22.6 Å². The molecule has 1 fully saturated rings. The number of ether oxygens (including phenoxy) is 1. The van der Waals surface area contributed by atoms with E-state index in [1.54, 1.807) is 6.20 Å². The monoisotopic (exact) mass is 444 g/mol. The molecule has 0 aliphatic carbocycles. The fourth-order valence-electron chi connectivity index (χ4n) is 4.64. The molecule has 5 rings (SSSR count). The lowest BCUT2D eigenvalue weighted by atomic mass is 10.1. The van der Waals surface area contributed by atoms with Crippen molar-refractivity contribution in [2.45, 2.75) is 45.9 Å². The van der Waals surface area contributed by atoms with Gasteiger partial charge in [-0.3, -0.25) is 9.59 Å². The van der Waals surface area contributed by atoms with Gasteiger partial charge in [0.1, 0.15) is 12.1 Å². The van der Waals surface area contributed by atoms with Crippen molar-refractivity contribution in [2.24, 2.45) is 0 Å². The van der Waals surface area contributed by atoms with Gasteiger partial charge in [-0.05, 0) is 43.9 Å². The number of nitrogens with one attached hydrogen (secondary N) is 1. The summed E-state index contributed by atoms with van der Waals surface area (Å²) in [6, 6.07) is 14.3. The molecule has 1 atom stereocenters. The molecule has 0 bridgehead atoms. The van der Waals surface area contributed by atoms with Gasteiger partial charge in [0.25, 0.3) is 5.56 Å². The molecular formula is C26H28N4O3. The van der Waals surface area contributed by atoms with Crippen LogP contribution in [0, 0.1) is 13.8 Å². The Bertz CT molecular complexity index is 1400. The zero-order valence-corrected chi connectivity index (χ0v) is 19.0. The van der Waals surface area contributed by atoms with Crippen LogP contribution in [0.1, 0.15) is 29.5 Å². The van der Waals surface area contributed by atoms with E-state index in [-0.39, 0.29) is 24.1 Å². The highest BCUT2D eigenvalue weighted by molar-refractivity contribution is 6.07. The molecule has 1 N–H and O–H groups in total. The Morgan fingerprint density at radius 2 is 2.03 bits per heavy atom. The summed E-state index contributed by atoms with van der Waals surface area (Å²) in [5.41, 5.74) is 4.80. The second kappa shape index (κ2) is 8.83. The number of para-hydroxylation sites is 1. The van der Waals surface area contributed by atoms with Crippen LogP contribution in [0.4, 0.5) is 0 Å². The molecule has 0 unspecified atom stereocenters. The fourth-order valence-corrected chi connectivity index (χ4v) is 4.64. The van der Waals surface area contributed by atoms with Gasteiger partial charge in [-0.1, -0.05) is 42.0 Å². The van der Waals surface area contributed by atoms with Crippen LogP contribution in [0.3, 0.4) is 0 Å². The second-order valence-corrected chi connectivity index (χ2v) is 8.84. The lowest BCUT2D eigenvalue weighted by Gasteiger charge is -2.13. The first-order valence-corrected chi connectivity index (χ1v) is 11.4. The summed E-state index contributed by atoms with van der Waals surface area (Å²) < 4.78 is 8.87. The number of carbonyl (C=O) groups is 1. The van der Waals surface area contributed by atoms with Gasteiger partial charge in [-0.2, -0.15) is 5.10 Å². The first-order chi connectivity index (χ1) is 16.0. The number of nitrogens with zero attached hydrogens (tertiary/aromatic N) is 3. The largest absolute Gasteiger partial charge is 0.376 e. The third-order valence-corrected chi connectivity index (χ3v) is 6.45. The minimum atomic E-state index is -0.263. The Labute approximate surface area is 192 Å². The number of carbonyl (C=O) groups excluding carboxylic acids is 1. The molecule has 3 heterocycles. The van der Waals surface area contributed by atoms with Gasteiger partial charge < -0.3 is 14.6 Å². The van der Waals surface area contributed by atoms with E-state index < -0.39 is 0 Å². The van der Waals surface area contributed by atoms with Crippen LogP contribution in [0.15, 0.2) is 53.5 Å². The number of rotatable bonds is 6. The number of benzene rings is 2. The maximum absolute atomic E-state index is 13.5. The minimum absolute atomic E-state index is 0.0567. The van der Waals surface area contributed by atoms with Crippen molar-refractivity contribution in [3.05, 3.63) is 75.7 Å². The van der Waals surface area contributed by atoms with Crippen molar-refractivity contribution in [3.63, 3.8) is 0 Å². The van der Waals surface area contributed by atoms with Crippen LogP contribution < -0.4 is 10.9 Å². The van der Waals surface area contributed by atoms with Gasteiger partial charge in [0.15, 0.2) is 0 Å². The van der Waals surface area contributed by atoms with Crippen molar-refractivity contribution < 1.29 is 9.53 Å². The molecule has 4 aromatic rings. The average Bonchev–Trinajstić information content (AvgIpc) is 3.44. The Hall–Kier alpha value is -3.45. The van der Waals surface area contributed by atoms with E-state index in [1.807, 2.05) is 24.3 Å². The smallest absolute Gasteiger partial charge is 0.291 e. The lowest BCUT2D eigenvalue weighted by molar-refractivity contribution is -0.122. The van der Waals surface area contributed by atoms with Crippen molar-refractivity contribution in [1.29, 1.82) is 0 Å². The molecule has 1 aliphatic rings. The maximum atomic E-state index is 13.5. The van der Waals surface area contributed by atoms with Crippen LogP contribution in [0.25, 0.3) is 21.8 Å². The van der Waals surface area contributed by atoms with Gasteiger partial charge in [0, 0.05) is 36.0 Å². The summed E-state index contributed by atoms with van der Waals surface area (Å²) in [6.45, 7) is 5.81. The van der Waals surface area contributed by atoms with Gasteiger partial charge in [0.2, 0.25) is 5.91 Å². The number of aryl methyl sites for hydroxylation is 2. The average molecular weight is 445 g/mol. The van der Waals surface area contributed by atoms with E-state index in [1.165, 1.54) is 15.8 Å². The van der Waals surface area contributed by atoms with E-state index >= 15 is 0 Å². The molecule has 1 aliphatic heterocycles. The van der Waals surface area contributed by atoms with Crippen LogP contribution in [0.5, 0.6) is 0 Å². The summed E-state index contributed by atoms with van der Waals surface area (Å²) in [6.07, 6.45) is 3.72. The van der Waals surface area contributed by atoms with Gasteiger partial charge in [0.05, 0.1) is 12.3 Å². The molecule has 33 heavy (non-hydrogen) atoms. The molecule has 170 valence electrons. The molecule has 2 aromatic carbocycles. The molecular weight excluding hydrogens is 416 g/mol. The highest BCUT2D eigenvalue weighted by Crippen LogP contribution is 2.27. The summed E-state index contributed by atoms with van der Waals surface area (Å²) in [4.78, 5) is 26.0. The Morgan fingerprint density at radius 1 is 1.18 bits per heavy atom. The molecule has 2 aromatic heterocycles. The summed E-state index contributed by atoms with van der Waals surface area (Å²) in [5, 5.41) is 8.99. The van der Waals surface area contributed by atoms with Crippen molar-refractivity contribution in [2.75, 3.05) is 13.2 Å². The highest BCUT2D eigenvalue weighted by atomic mass is 16.5. The molecule has 1 amide bonds. The number of aromatic nitrogens is 3. The first-order valence-electron chi connectivity index (χ1n) is 11.4. The highest BCUT2D eigenvalue weighted by Gasteiger charge is 2.19. The maximum Gasteiger partial charge on any atom is 0.291 e. The van der Waals surface area contributed by atoms with Crippen molar-refractivity contribution >= 4 is 27.7 Å². The predicted octanol–water partition coefficient (Wildman–Crippen LogP) is 3.31. The second-order valence-electron chi connectivity index (χ2n) is 8.84. The van der Waals surface area contributed by atoms with E-state index in [4.69, 9.17) is 4.74 Å². The molecule has 7 nitrogen and oxygen atoms in total. The molecule has 7 heteroatoms. The molecule has 0 saturated carbocycles. The van der Waals surface area contributed by atoms with Gasteiger partial charge in [-0.15, -0.1) is 0 Å². The fraction of sp³-hybridized carbons (Fsp3) is 0.346. The SMILES string of the molecule is Cc1ccc(C)c(Cn2c3ccccc3c3cnn(CC(=O)NC[C@H]4CCCO4)c(=O)c32)c1. The number of hydrogen-bond acceptors (Lipinski definition) is 4. The molecule has 0 radical (unpaired) electrons. The molecule has 0 spiro atoms. The van der Waals surface area contributed by atoms with E-state index in [0.717, 1.165) is 41.3 Å². The summed E-state index contributed by atoms with van der Waals surface area (Å²) >= 11 is 0. The van der Waals surface area contributed by atoms with Crippen LogP contribution >= 0.6 is 0 Å². The number of amides is 1. The number of fused-ring (bicyclic) bond motifs is 3. The summed E-state index contributed by atoms with van der Waals surface area (Å²) in [5.74, 6) is -0.239. The Morgan fingerprint density at radius 3 is 2.85 bits per heavy atom. The van der Waals surface area contributed by atoms with Gasteiger partial charge >= 0.3 is 0 Å². The topological polar surface area (TPSA) is 78.2 Å². The first kappa shape index (κ1) is 21.4. The van der Waals surface area contributed by atoms with Crippen LogP contribution in [-0.4, -0.2) is 39.5 Å².